The molecule has 1 heterocycles. The monoisotopic (exact) mass is 251 g/mol. The second kappa shape index (κ2) is 6.07. The topological polar surface area (TPSA) is 53.7 Å². The van der Waals surface area contributed by atoms with Gasteiger partial charge in [-0.25, -0.2) is 0 Å². The highest BCUT2D eigenvalue weighted by Gasteiger charge is 2.21. The third-order valence-corrected chi connectivity index (χ3v) is 3.28. The van der Waals surface area contributed by atoms with Gasteiger partial charge < -0.3 is 19.9 Å². The third kappa shape index (κ3) is 2.76. The first-order valence-electron chi connectivity index (χ1n) is 6.37. The Labute approximate surface area is 108 Å². The molecule has 0 radical (unpaired) electrons. The minimum absolute atomic E-state index is 0.127. The predicted octanol–water partition coefficient (Wildman–Crippen LogP) is 1.93. The van der Waals surface area contributed by atoms with Crippen molar-refractivity contribution < 1.29 is 14.2 Å². The van der Waals surface area contributed by atoms with Crippen molar-refractivity contribution in [3.8, 4) is 11.5 Å². The van der Waals surface area contributed by atoms with E-state index >= 15 is 0 Å². The largest absolute Gasteiger partial charge is 0.493 e. The van der Waals surface area contributed by atoms with E-state index in [2.05, 4.69) is 6.92 Å². The van der Waals surface area contributed by atoms with E-state index in [1.54, 1.807) is 7.11 Å². The molecule has 0 bridgehead atoms. The van der Waals surface area contributed by atoms with Gasteiger partial charge in [0.25, 0.3) is 0 Å². The lowest BCUT2D eigenvalue weighted by atomic mass is 10.00. The summed E-state index contributed by atoms with van der Waals surface area (Å²) >= 11 is 0. The Kier molecular flexibility index (Phi) is 4.44. The molecule has 1 aliphatic rings. The van der Waals surface area contributed by atoms with E-state index in [1.165, 1.54) is 0 Å². The van der Waals surface area contributed by atoms with Crippen LogP contribution in [0.2, 0.25) is 0 Å². The van der Waals surface area contributed by atoms with Crippen molar-refractivity contribution in [3.63, 3.8) is 0 Å². The van der Waals surface area contributed by atoms with Crippen LogP contribution in [0.1, 0.15) is 24.8 Å². The van der Waals surface area contributed by atoms with Crippen molar-refractivity contribution in [1.29, 1.82) is 0 Å². The molecule has 4 heteroatoms. The zero-order valence-electron chi connectivity index (χ0n) is 11.0. The summed E-state index contributed by atoms with van der Waals surface area (Å²) in [6.07, 6.45) is 1.06. The van der Waals surface area contributed by atoms with Crippen LogP contribution in [0.15, 0.2) is 18.2 Å². The van der Waals surface area contributed by atoms with E-state index < -0.39 is 0 Å². The zero-order valence-corrected chi connectivity index (χ0v) is 11.0. The molecule has 1 fully saturated rings. The SMILES string of the molecule is COc1c(OC2CCOC2)cccc1C(C)CN. The molecule has 2 unspecified atom stereocenters. The summed E-state index contributed by atoms with van der Waals surface area (Å²) in [5.41, 5.74) is 6.82. The minimum Gasteiger partial charge on any atom is -0.493 e. The first-order chi connectivity index (χ1) is 8.76. The van der Waals surface area contributed by atoms with Crippen molar-refractivity contribution >= 4 is 0 Å². The molecule has 2 N–H and O–H groups in total. The summed E-state index contributed by atoms with van der Waals surface area (Å²) in [5, 5.41) is 0. The van der Waals surface area contributed by atoms with Crippen LogP contribution in [0.4, 0.5) is 0 Å². The molecule has 0 aromatic heterocycles. The van der Waals surface area contributed by atoms with Gasteiger partial charge in [-0.05, 0) is 18.5 Å². The van der Waals surface area contributed by atoms with Crippen LogP contribution in [-0.2, 0) is 4.74 Å². The summed E-state index contributed by atoms with van der Waals surface area (Å²) in [5.74, 6) is 1.83. The van der Waals surface area contributed by atoms with Crippen LogP contribution in [-0.4, -0.2) is 33.0 Å². The normalized spacial score (nSPS) is 20.7. The van der Waals surface area contributed by atoms with E-state index in [-0.39, 0.29) is 12.0 Å². The van der Waals surface area contributed by atoms with Crippen molar-refractivity contribution in [2.45, 2.75) is 25.4 Å². The van der Waals surface area contributed by atoms with Crippen LogP contribution < -0.4 is 15.2 Å². The smallest absolute Gasteiger partial charge is 0.164 e. The maximum absolute atomic E-state index is 5.94. The molecular weight excluding hydrogens is 230 g/mol. The molecule has 1 aromatic rings. The van der Waals surface area contributed by atoms with Gasteiger partial charge in [-0.1, -0.05) is 19.1 Å². The van der Waals surface area contributed by atoms with Crippen molar-refractivity contribution in [3.05, 3.63) is 23.8 Å². The van der Waals surface area contributed by atoms with Gasteiger partial charge in [0.2, 0.25) is 0 Å². The molecule has 0 saturated carbocycles. The lowest BCUT2D eigenvalue weighted by Gasteiger charge is -2.19. The van der Waals surface area contributed by atoms with Crippen LogP contribution in [0.5, 0.6) is 11.5 Å². The number of rotatable bonds is 5. The molecule has 1 saturated heterocycles. The summed E-state index contributed by atoms with van der Waals surface area (Å²) < 4.78 is 16.7. The van der Waals surface area contributed by atoms with Gasteiger partial charge >= 0.3 is 0 Å². The molecule has 2 rings (SSSR count). The van der Waals surface area contributed by atoms with E-state index in [9.17, 15) is 0 Å². The molecule has 18 heavy (non-hydrogen) atoms. The predicted molar refractivity (Wildman–Crippen MR) is 70.3 cm³/mol. The standard InChI is InChI=1S/C14H21NO3/c1-10(8-15)12-4-3-5-13(14(12)16-2)18-11-6-7-17-9-11/h3-5,10-11H,6-9,15H2,1-2H3. The second-order valence-corrected chi connectivity index (χ2v) is 4.62. The van der Waals surface area contributed by atoms with E-state index in [0.717, 1.165) is 30.1 Å². The van der Waals surface area contributed by atoms with Gasteiger partial charge in [-0.15, -0.1) is 0 Å². The van der Waals surface area contributed by atoms with Crippen LogP contribution in [0.3, 0.4) is 0 Å². The molecule has 0 amide bonds. The van der Waals surface area contributed by atoms with Gasteiger partial charge in [-0.3, -0.25) is 0 Å². The van der Waals surface area contributed by atoms with Crippen LogP contribution in [0.25, 0.3) is 0 Å². The van der Waals surface area contributed by atoms with E-state index in [0.29, 0.717) is 13.2 Å². The number of methoxy groups -OCH3 is 1. The van der Waals surface area contributed by atoms with Crippen LogP contribution >= 0.6 is 0 Å². The number of hydrogen-bond donors (Lipinski definition) is 1. The number of hydrogen-bond acceptors (Lipinski definition) is 4. The first-order valence-corrected chi connectivity index (χ1v) is 6.37. The highest BCUT2D eigenvalue weighted by Crippen LogP contribution is 2.36. The average Bonchev–Trinajstić information content (AvgIpc) is 2.90. The Balaban J connectivity index is 2.22. The summed E-state index contributed by atoms with van der Waals surface area (Å²) in [6, 6.07) is 5.95. The Morgan fingerprint density at radius 1 is 1.50 bits per heavy atom. The van der Waals surface area contributed by atoms with E-state index in [4.69, 9.17) is 19.9 Å². The summed E-state index contributed by atoms with van der Waals surface area (Å²) in [4.78, 5) is 0. The third-order valence-electron chi connectivity index (χ3n) is 3.28. The number of nitrogens with two attached hydrogens (primary N) is 1. The average molecular weight is 251 g/mol. The fourth-order valence-corrected chi connectivity index (χ4v) is 2.14. The maximum atomic E-state index is 5.94. The molecule has 100 valence electrons. The number of para-hydroxylation sites is 1. The Hall–Kier alpha value is -1.26. The quantitative estimate of drug-likeness (QED) is 0.868. The number of benzene rings is 1. The molecular formula is C14H21NO3. The molecule has 4 nitrogen and oxygen atoms in total. The van der Waals surface area contributed by atoms with Gasteiger partial charge in [0.15, 0.2) is 11.5 Å². The minimum atomic E-state index is 0.127. The van der Waals surface area contributed by atoms with Gasteiger partial charge in [0.1, 0.15) is 6.10 Å². The first kappa shape index (κ1) is 13.2. The Bertz CT molecular complexity index is 389. The van der Waals surface area contributed by atoms with Gasteiger partial charge in [0, 0.05) is 12.0 Å². The molecule has 1 aromatic carbocycles. The Morgan fingerprint density at radius 2 is 2.33 bits per heavy atom. The zero-order chi connectivity index (χ0) is 13.0. The fraction of sp³-hybridized carbons (Fsp3) is 0.571. The lowest BCUT2D eigenvalue weighted by Crippen LogP contribution is -2.17. The van der Waals surface area contributed by atoms with Crippen LogP contribution in [0, 0.1) is 0 Å². The van der Waals surface area contributed by atoms with Crippen molar-refractivity contribution in [1.82, 2.24) is 0 Å². The molecule has 2 atom stereocenters. The van der Waals surface area contributed by atoms with Crippen molar-refractivity contribution in [2.75, 3.05) is 26.9 Å². The molecule has 1 aliphatic heterocycles. The fourth-order valence-electron chi connectivity index (χ4n) is 2.14. The Morgan fingerprint density at radius 3 is 2.94 bits per heavy atom. The van der Waals surface area contributed by atoms with Gasteiger partial charge in [0.05, 0.1) is 20.3 Å². The van der Waals surface area contributed by atoms with E-state index in [1.807, 2.05) is 18.2 Å². The second-order valence-electron chi connectivity index (χ2n) is 4.62. The molecule has 0 spiro atoms. The maximum Gasteiger partial charge on any atom is 0.164 e. The summed E-state index contributed by atoms with van der Waals surface area (Å²) in [7, 11) is 1.67. The highest BCUT2D eigenvalue weighted by atomic mass is 16.6. The molecule has 0 aliphatic carbocycles. The van der Waals surface area contributed by atoms with Crippen molar-refractivity contribution in [2.24, 2.45) is 5.73 Å². The highest BCUT2D eigenvalue weighted by molar-refractivity contribution is 5.48. The van der Waals surface area contributed by atoms with Gasteiger partial charge in [-0.2, -0.15) is 0 Å². The lowest BCUT2D eigenvalue weighted by molar-refractivity contribution is 0.138. The number of ether oxygens (including phenoxy) is 3. The summed E-state index contributed by atoms with van der Waals surface area (Å²) in [6.45, 7) is 4.10.